The Hall–Kier alpha value is -3.63. The molecule has 0 unspecified atom stereocenters. The monoisotopic (exact) mass is 478 g/mol. The van der Waals surface area contributed by atoms with E-state index in [0.717, 1.165) is 26.9 Å². The first kappa shape index (κ1) is 26.6. The fourth-order valence-corrected chi connectivity index (χ4v) is 3.81. The average molecular weight is 478 g/mol. The molecule has 186 valence electrons. The predicted molar refractivity (Wildman–Crippen MR) is 117 cm³/mol. The third-order valence-electron chi connectivity index (χ3n) is 5.71. The van der Waals surface area contributed by atoms with Crippen LogP contribution in [0.4, 0.5) is 4.79 Å². The molecule has 0 spiro atoms. The summed E-state index contributed by atoms with van der Waals surface area (Å²) in [6, 6.07) is 6.83. The summed E-state index contributed by atoms with van der Waals surface area (Å²) in [4.78, 5) is 63.8. The molecule has 1 aromatic rings. The predicted octanol–water partition coefficient (Wildman–Crippen LogP) is 1.04. The number of ether oxygens (including phenoxy) is 4. The first-order valence-electron chi connectivity index (χ1n) is 10.8. The van der Waals surface area contributed by atoms with E-state index in [4.69, 9.17) is 9.47 Å². The number of carbonyl (C=O) groups is 5. The Morgan fingerprint density at radius 3 is 2.12 bits per heavy atom. The molecule has 1 heterocycles. The van der Waals surface area contributed by atoms with Crippen molar-refractivity contribution in [2.75, 3.05) is 27.9 Å². The summed E-state index contributed by atoms with van der Waals surface area (Å²) >= 11 is 0. The van der Waals surface area contributed by atoms with E-state index in [1.807, 2.05) is 30.3 Å². The summed E-state index contributed by atoms with van der Waals surface area (Å²) in [5, 5.41) is 2.53. The zero-order valence-corrected chi connectivity index (χ0v) is 19.6. The lowest BCUT2D eigenvalue weighted by Crippen LogP contribution is -2.55. The Bertz CT molecular complexity index is 874. The lowest BCUT2D eigenvalue weighted by molar-refractivity contribution is -0.163. The van der Waals surface area contributed by atoms with E-state index in [1.165, 1.54) is 11.8 Å². The van der Waals surface area contributed by atoms with Crippen LogP contribution in [-0.2, 0) is 44.7 Å². The van der Waals surface area contributed by atoms with Crippen LogP contribution in [0.1, 0.15) is 25.3 Å². The Morgan fingerprint density at radius 2 is 1.56 bits per heavy atom. The van der Waals surface area contributed by atoms with Gasteiger partial charge >= 0.3 is 24.0 Å². The highest BCUT2D eigenvalue weighted by Gasteiger charge is 2.44. The standard InChI is InChI=1S/C23H30N2O9/c1-14(17(20(27)31-2)21(28)32-3)18(22(29)33-4)24-19(26)16-11-8-12-25(16)23(30)34-13-15-9-6-5-7-10-15/h5-7,9-10,14,16-18H,8,11-13H2,1-4H3,(H,24,26)/t14-,16-,18-/m1/s1. The van der Waals surface area contributed by atoms with Gasteiger partial charge in [-0.1, -0.05) is 37.3 Å². The normalized spacial score (nSPS) is 16.9. The molecule has 1 aliphatic heterocycles. The molecule has 1 fully saturated rings. The van der Waals surface area contributed by atoms with Gasteiger partial charge in [-0.25, -0.2) is 9.59 Å². The molecule has 2 amide bonds. The van der Waals surface area contributed by atoms with E-state index in [1.54, 1.807) is 0 Å². The van der Waals surface area contributed by atoms with Crippen LogP contribution in [0, 0.1) is 11.8 Å². The van der Waals surface area contributed by atoms with Crippen LogP contribution >= 0.6 is 0 Å². The molecule has 0 saturated carbocycles. The topological polar surface area (TPSA) is 138 Å². The lowest BCUT2D eigenvalue weighted by atomic mass is 9.87. The van der Waals surface area contributed by atoms with Gasteiger partial charge < -0.3 is 24.3 Å². The molecule has 3 atom stereocenters. The number of rotatable bonds is 9. The molecular weight excluding hydrogens is 448 g/mol. The number of esters is 3. The molecule has 1 saturated heterocycles. The molecule has 1 aliphatic rings. The minimum absolute atomic E-state index is 0.0479. The van der Waals surface area contributed by atoms with E-state index in [2.05, 4.69) is 14.8 Å². The van der Waals surface area contributed by atoms with Crippen molar-refractivity contribution in [1.29, 1.82) is 0 Å². The Labute approximate surface area is 197 Å². The van der Waals surface area contributed by atoms with Crippen LogP contribution in [0.15, 0.2) is 30.3 Å². The van der Waals surface area contributed by atoms with Crippen LogP contribution in [0.25, 0.3) is 0 Å². The van der Waals surface area contributed by atoms with Crippen molar-refractivity contribution in [1.82, 2.24) is 10.2 Å². The van der Waals surface area contributed by atoms with Gasteiger partial charge in [0.25, 0.3) is 0 Å². The SMILES string of the molecule is COC(=O)C(C(=O)OC)[C@@H](C)[C@@H](NC(=O)[C@H]1CCCN1C(=O)OCc1ccccc1)C(=O)OC. The molecule has 11 nitrogen and oxygen atoms in total. The molecule has 0 aliphatic carbocycles. The van der Waals surface area contributed by atoms with Crippen LogP contribution in [0.5, 0.6) is 0 Å². The van der Waals surface area contributed by atoms with Crippen molar-refractivity contribution < 1.29 is 42.9 Å². The number of methoxy groups -OCH3 is 3. The fourth-order valence-electron chi connectivity index (χ4n) is 3.81. The molecule has 2 rings (SSSR count). The third-order valence-corrected chi connectivity index (χ3v) is 5.71. The van der Waals surface area contributed by atoms with Crippen LogP contribution < -0.4 is 5.32 Å². The lowest BCUT2D eigenvalue weighted by Gasteiger charge is -2.29. The van der Waals surface area contributed by atoms with Crippen molar-refractivity contribution in [2.24, 2.45) is 11.8 Å². The summed E-state index contributed by atoms with van der Waals surface area (Å²) < 4.78 is 19.4. The van der Waals surface area contributed by atoms with Gasteiger partial charge in [0, 0.05) is 12.5 Å². The summed E-state index contributed by atoms with van der Waals surface area (Å²) in [6.07, 6.45) is 0.252. The first-order chi connectivity index (χ1) is 16.2. The van der Waals surface area contributed by atoms with Crippen LogP contribution in [0.3, 0.4) is 0 Å². The zero-order chi connectivity index (χ0) is 25.3. The molecule has 1 aromatic carbocycles. The Balaban J connectivity index is 2.14. The number of hydrogen-bond acceptors (Lipinski definition) is 9. The van der Waals surface area contributed by atoms with Crippen LogP contribution in [-0.4, -0.2) is 74.8 Å². The minimum Gasteiger partial charge on any atom is -0.468 e. The molecule has 11 heteroatoms. The highest BCUT2D eigenvalue weighted by atomic mass is 16.6. The second kappa shape index (κ2) is 12.6. The van der Waals surface area contributed by atoms with Gasteiger partial charge in [0.1, 0.15) is 18.7 Å². The smallest absolute Gasteiger partial charge is 0.410 e. The number of likely N-dealkylation sites (tertiary alicyclic amines) is 1. The van der Waals surface area contributed by atoms with Crippen LogP contribution in [0.2, 0.25) is 0 Å². The van der Waals surface area contributed by atoms with Crippen molar-refractivity contribution in [3.63, 3.8) is 0 Å². The van der Waals surface area contributed by atoms with Crippen molar-refractivity contribution in [3.05, 3.63) is 35.9 Å². The largest absolute Gasteiger partial charge is 0.468 e. The highest BCUT2D eigenvalue weighted by Crippen LogP contribution is 2.23. The van der Waals surface area contributed by atoms with E-state index < -0.39 is 53.8 Å². The number of carbonyl (C=O) groups excluding carboxylic acids is 5. The van der Waals surface area contributed by atoms with Crippen molar-refractivity contribution >= 4 is 29.9 Å². The van der Waals surface area contributed by atoms with E-state index in [-0.39, 0.29) is 6.61 Å². The summed E-state index contributed by atoms with van der Waals surface area (Å²) in [5.74, 6) is -5.88. The van der Waals surface area contributed by atoms with E-state index in [0.29, 0.717) is 19.4 Å². The molecule has 34 heavy (non-hydrogen) atoms. The quantitative estimate of drug-likeness (QED) is 0.313. The molecule has 0 bridgehead atoms. The van der Waals surface area contributed by atoms with Gasteiger partial charge in [-0.15, -0.1) is 0 Å². The van der Waals surface area contributed by atoms with Crippen molar-refractivity contribution in [3.8, 4) is 0 Å². The van der Waals surface area contributed by atoms with Crippen molar-refractivity contribution in [2.45, 2.75) is 38.5 Å². The molecule has 0 aromatic heterocycles. The second-order valence-corrected chi connectivity index (χ2v) is 7.78. The molecule has 0 radical (unpaired) electrons. The first-order valence-corrected chi connectivity index (χ1v) is 10.8. The van der Waals surface area contributed by atoms with E-state index >= 15 is 0 Å². The number of hydrogen-bond donors (Lipinski definition) is 1. The van der Waals surface area contributed by atoms with Gasteiger partial charge in [0.2, 0.25) is 5.91 Å². The third kappa shape index (κ3) is 6.46. The fraction of sp³-hybridized carbons (Fsp3) is 0.522. The maximum Gasteiger partial charge on any atom is 0.410 e. The highest BCUT2D eigenvalue weighted by molar-refractivity contribution is 5.97. The van der Waals surface area contributed by atoms with Gasteiger partial charge in [-0.3, -0.25) is 19.3 Å². The Morgan fingerprint density at radius 1 is 0.971 bits per heavy atom. The second-order valence-electron chi connectivity index (χ2n) is 7.78. The van der Waals surface area contributed by atoms with Gasteiger partial charge in [-0.2, -0.15) is 0 Å². The van der Waals surface area contributed by atoms with Gasteiger partial charge in [0.05, 0.1) is 21.3 Å². The van der Waals surface area contributed by atoms with Gasteiger partial charge in [0.15, 0.2) is 5.92 Å². The summed E-state index contributed by atoms with van der Waals surface area (Å²) in [6.45, 7) is 1.77. The molecule has 1 N–H and O–H groups in total. The summed E-state index contributed by atoms with van der Waals surface area (Å²) in [5.41, 5.74) is 0.798. The van der Waals surface area contributed by atoms with Gasteiger partial charge in [-0.05, 0) is 18.4 Å². The zero-order valence-electron chi connectivity index (χ0n) is 19.6. The van der Waals surface area contributed by atoms with E-state index in [9.17, 15) is 24.0 Å². The minimum atomic E-state index is -1.48. The number of amides is 2. The number of nitrogens with one attached hydrogen (secondary N) is 1. The summed E-state index contributed by atoms with van der Waals surface area (Å²) in [7, 11) is 3.30. The molecular formula is C23H30N2O9. The Kier molecular flexibility index (Phi) is 9.84. The number of benzene rings is 1. The maximum atomic E-state index is 13.1. The maximum absolute atomic E-state index is 13.1. The average Bonchev–Trinajstić information content (AvgIpc) is 3.35. The number of nitrogens with zero attached hydrogens (tertiary/aromatic N) is 1.